The molecule has 0 bridgehead atoms. The molecule has 35 heavy (non-hydrogen) atoms. The monoisotopic (exact) mass is 502 g/mol. The van der Waals surface area contributed by atoms with E-state index in [9.17, 15) is 26.3 Å². The van der Waals surface area contributed by atoms with Crippen molar-refractivity contribution in [3.63, 3.8) is 0 Å². The molecule has 3 rings (SSSR count). The first-order chi connectivity index (χ1) is 16.4. The quantitative estimate of drug-likeness (QED) is 0.222. The highest BCUT2D eigenvalue weighted by molar-refractivity contribution is 5.97. The summed E-state index contributed by atoms with van der Waals surface area (Å²) in [4.78, 5) is 3.82. The van der Waals surface area contributed by atoms with Crippen LogP contribution in [0.15, 0.2) is 30.5 Å². The van der Waals surface area contributed by atoms with E-state index in [1.807, 2.05) is 6.92 Å². The van der Waals surface area contributed by atoms with Crippen molar-refractivity contribution in [3.05, 3.63) is 58.4 Å². The third kappa shape index (κ3) is 7.95. The molecule has 1 aliphatic rings. The van der Waals surface area contributed by atoms with Crippen molar-refractivity contribution in [1.82, 2.24) is 10.3 Å². The van der Waals surface area contributed by atoms with Gasteiger partial charge in [0, 0.05) is 18.3 Å². The molecule has 2 heterocycles. The van der Waals surface area contributed by atoms with Gasteiger partial charge in [0.05, 0.1) is 16.8 Å². The van der Waals surface area contributed by atoms with Crippen LogP contribution in [-0.4, -0.2) is 23.0 Å². The SMILES string of the molecule is CC1CC(c2ccc(C(F)F)nc2)CC(CCc2cc(C(=N)F)c(N)c(C(F)(F)F)c2)N1.CCC. The molecule has 1 aromatic heterocycles. The molecule has 10 heteroatoms. The molecule has 1 saturated heterocycles. The average Bonchev–Trinajstić information content (AvgIpc) is 2.77. The molecule has 4 N–H and O–H groups in total. The Morgan fingerprint density at radius 3 is 2.37 bits per heavy atom. The van der Waals surface area contributed by atoms with Crippen molar-refractivity contribution in [3.8, 4) is 0 Å². The van der Waals surface area contributed by atoms with E-state index in [0.29, 0.717) is 12.8 Å². The number of nitrogen functional groups attached to an aromatic ring is 1. The molecule has 4 nitrogen and oxygen atoms in total. The fourth-order valence-electron chi connectivity index (χ4n) is 4.28. The zero-order valence-corrected chi connectivity index (χ0v) is 20.0. The molecule has 1 aliphatic heterocycles. The Morgan fingerprint density at radius 2 is 1.86 bits per heavy atom. The molecular weight excluding hydrogens is 470 g/mol. The third-order valence-corrected chi connectivity index (χ3v) is 5.79. The summed E-state index contributed by atoms with van der Waals surface area (Å²) in [5, 5.41) is 10.5. The molecule has 1 aromatic carbocycles. The Balaban J connectivity index is 0.00000137. The van der Waals surface area contributed by atoms with Crippen LogP contribution < -0.4 is 11.1 Å². The van der Waals surface area contributed by atoms with Gasteiger partial charge < -0.3 is 11.1 Å². The molecule has 0 spiro atoms. The molecule has 194 valence electrons. The highest BCUT2D eigenvalue weighted by Crippen LogP contribution is 2.37. The second-order valence-electron chi connectivity index (χ2n) is 8.91. The predicted molar refractivity (Wildman–Crippen MR) is 126 cm³/mol. The minimum Gasteiger partial charge on any atom is -0.398 e. The Morgan fingerprint density at radius 1 is 1.20 bits per heavy atom. The molecule has 3 unspecified atom stereocenters. The van der Waals surface area contributed by atoms with Crippen molar-refractivity contribution in [2.24, 2.45) is 0 Å². The number of anilines is 1. The first kappa shape index (κ1) is 28.6. The third-order valence-electron chi connectivity index (χ3n) is 5.79. The van der Waals surface area contributed by atoms with Crippen LogP contribution in [0.1, 0.15) is 86.7 Å². The number of nitrogens with one attached hydrogen (secondary N) is 2. The lowest BCUT2D eigenvalue weighted by Crippen LogP contribution is -2.43. The van der Waals surface area contributed by atoms with Crippen LogP contribution in [0.3, 0.4) is 0 Å². The number of benzene rings is 1. The number of nitrogens with zero attached hydrogens (tertiary/aromatic N) is 1. The first-order valence-corrected chi connectivity index (χ1v) is 11.6. The minimum absolute atomic E-state index is 0.0429. The Bertz CT molecular complexity index is 975. The van der Waals surface area contributed by atoms with Crippen molar-refractivity contribution in [2.45, 2.75) is 83.5 Å². The molecule has 0 aliphatic carbocycles. The van der Waals surface area contributed by atoms with Gasteiger partial charge in [-0.25, -0.2) is 8.78 Å². The minimum atomic E-state index is -4.76. The van der Waals surface area contributed by atoms with Crippen LogP contribution in [0.5, 0.6) is 0 Å². The van der Waals surface area contributed by atoms with Crippen molar-refractivity contribution < 1.29 is 26.3 Å². The Kier molecular flexibility index (Phi) is 10.1. The van der Waals surface area contributed by atoms with Gasteiger partial charge in [-0.15, -0.1) is 0 Å². The number of aryl methyl sites for hydroxylation is 1. The predicted octanol–water partition coefficient (Wildman–Crippen LogP) is 7.19. The van der Waals surface area contributed by atoms with E-state index in [4.69, 9.17) is 11.1 Å². The van der Waals surface area contributed by atoms with Crippen LogP contribution in [0.4, 0.5) is 32.0 Å². The van der Waals surface area contributed by atoms with Crippen LogP contribution in [-0.2, 0) is 12.6 Å². The first-order valence-electron chi connectivity index (χ1n) is 11.6. The van der Waals surface area contributed by atoms with Crippen LogP contribution >= 0.6 is 0 Å². The smallest absolute Gasteiger partial charge is 0.398 e. The summed E-state index contributed by atoms with van der Waals surface area (Å²) in [5.41, 5.74) is 3.72. The van der Waals surface area contributed by atoms with Crippen LogP contribution in [0.25, 0.3) is 0 Å². The maximum Gasteiger partial charge on any atom is 0.418 e. The highest BCUT2D eigenvalue weighted by Gasteiger charge is 2.35. The van der Waals surface area contributed by atoms with Crippen molar-refractivity contribution in [2.75, 3.05) is 5.73 Å². The van der Waals surface area contributed by atoms with Gasteiger partial charge in [-0.1, -0.05) is 26.3 Å². The number of rotatable bonds is 6. The summed E-state index contributed by atoms with van der Waals surface area (Å²) in [6.45, 7) is 6.23. The van der Waals surface area contributed by atoms with Gasteiger partial charge >= 0.3 is 6.18 Å². The van der Waals surface area contributed by atoms with E-state index in [1.165, 1.54) is 24.8 Å². The van der Waals surface area contributed by atoms with E-state index in [-0.39, 0.29) is 35.7 Å². The number of nitrogens with two attached hydrogens (primary N) is 1. The van der Waals surface area contributed by atoms with Gasteiger partial charge in [-0.3, -0.25) is 10.4 Å². The second-order valence-corrected chi connectivity index (χ2v) is 8.91. The number of aromatic nitrogens is 1. The van der Waals surface area contributed by atoms with Gasteiger partial charge in [-0.05, 0) is 67.9 Å². The summed E-state index contributed by atoms with van der Waals surface area (Å²) in [7, 11) is 0. The van der Waals surface area contributed by atoms with E-state index >= 15 is 0 Å². The standard InChI is InChI=1S/C22H24F6N4.C3H8/c1-11-6-14(13-3-5-18(20(23)24)31-10-13)9-15(32-11)4-2-12-7-16(21(25)30)19(29)17(8-12)22(26,27)28;1-3-2/h3,5,7-8,10-11,14-15,20,30,32H,2,4,6,9,29H2,1H3;3H2,1-2H3. The second kappa shape index (κ2) is 12.4. The van der Waals surface area contributed by atoms with E-state index in [0.717, 1.165) is 18.1 Å². The number of alkyl halides is 5. The lowest BCUT2D eigenvalue weighted by Gasteiger charge is -2.35. The number of piperidine rings is 1. The Labute approximate surface area is 201 Å². The van der Waals surface area contributed by atoms with Gasteiger partial charge in [0.15, 0.2) is 0 Å². The average molecular weight is 503 g/mol. The molecular formula is C25H32F6N4. The maximum absolute atomic E-state index is 13.5. The molecule has 3 atom stereocenters. The lowest BCUT2D eigenvalue weighted by molar-refractivity contribution is -0.137. The summed E-state index contributed by atoms with van der Waals surface area (Å²) < 4.78 is 78.9. The van der Waals surface area contributed by atoms with E-state index < -0.39 is 35.4 Å². The number of halogens is 6. The fourth-order valence-corrected chi connectivity index (χ4v) is 4.28. The number of hydrogen-bond acceptors (Lipinski definition) is 4. The summed E-state index contributed by atoms with van der Waals surface area (Å²) >= 11 is 0. The van der Waals surface area contributed by atoms with Gasteiger partial charge in [0.1, 0.15) is 5.69 Å². The zero-order chi connectivity index (χ0) is 26.3. The van der Waals surface area contributed by atoms with E-state index in [1.54, 1.807) is 6.07 Å². The molecule has 1 fully saturated rings. The number of hydrogen-bond donors (Lipinski definition) is 3. The highest BCUT2D eigenvalue weighted by atomic mass is 19.4. The Hall–Kier alpha value is -2.62. The zero-order valence-electron chi connectivity index (χ0n) is 20.0. The molecule has 0 radical (unpaired) electrons. The summed E-state index contributed by atoms with van der Waals surface area (Å²) in [6.07, 6.45) is -2.56. The maximum atomic E-state index is 13.5. The van der Waals surface area contributed by atoms with Crippen LogP contribution in [0.2, 0.25) is 0 Å². The molecule has 0 amide bonds. The summed E-state index contributed by atoms with van der Waals surface area (Å²) in [6, 6.07) is 5.10. The fraction of sp³-hybridized carbons (Fsp3) is 0.520. The lowest BCUT2D eigenvalue weighted by atomic mass is 9.82. The largest absolute Gasteiger partial charge is 0.418 e. The van der Waals surface area contributed by atoms with Crippen LogP contribution in [0, 0.1) is 5.41 Å². The van der Waals surface area contributed by atoms with Crippen molar-refractivity contribution in [1.29, 1.82) is 5.41 Å². The van der Waals surface area contributed by atoms with Gasteiger partial charge in [0.2, 0.25) is 5.97 Å². The molecule has 2 aromatic rings. The van der Waals surface area contributed by atoms with E-state index in [2.05, 4.69) is 24.1 Å². The number of pyridine rings is 1. The van der Waals surface area contributed by atoms with Gasteiger partial charge in [-0.2, -0.15) is 17.6 Å². The molecule has 0 saturated carbocycles. The topological polar surface area (TPSA) is 74.8 Å². The summed E-state index contributed by atoms with van der Waals surface area (Å²) in [5.74, 6) is -1.44. The van der Waals surface area contributed by atoms with Gasteiger partial charge in [0.25, 0.3) is 6.43 Å². The van der Waals surface area contributed by atoms with Crippen molar-refractivity contribution >= 4 is 11.7 Å². The normalized spacial score (nSPS) is 20.3.